The third-order valence-electron chi connectivity index (χ3n) is 2.72. The Hall–Kier alpha value is -1.88. The molecule has 0 aliphatic carbocycles. The van der Waals surface area contributed by atoms with Crippen molar-refractivity contribution in [1.82, 2.24) is 15.5 Å². The molecule has 1 aromatic carbocycles. The lowest BCUT2D eigenvalue weighted by molar-refractivity contribution is 0.308. The molecular weight excluding hydrogens is 206 g/mol. The van der Waals surface area contributed by atoms with Crippen molar-refractivity contribution in [3.63, 3.8) is 0 Å². The van der Waals surface area contributed by atoms with Crippen LogP contribution in [-0.2, 0) is 0 Å². The van der Waals surface area contributed by atoms with Crippen LogP contribution in [-0.4, -0.2) is 28.3 Å². The monoisotopic (exact) mass is 217 g/mol. The predicted molar refractivity (Wildman–Crippen MR) is 57.0 cm³/mol. The molecule has 3 rings (SSSR count). The van der Waals surface area contributed by atoms with Crippen LogP contribution in [0.5, 0.6) is 5.75 Å². The fourth-order valence-corrected chi connectivity index (χ4v) is 1.64. The average molecular weight is 217 g/mol. The zero-order valence-electron chi connectivity index (χ0n) is 8.55. The van der Waals surface area contributed by atoms with Crippen LogP contribution in [0.2, 0.25) is 0 Å². The molecule has 1 fully saturated rings. The summed E-state index contributed by atoms with van der Waals surface area (Å²) in [6, 6.07) is 6.96. The molecule has 2 aromatic rings. The Morgan fingerprint density at radius 2 is 2.12 bits per heavy atom. The van der Waals surface area contributed by atoms with Gasteiger partial charge in [0.2, 0.25) is 11.7 Å². The highest BCUT2D eigenvalue weighted by atomic mass is 16.5. The summed E-state index contributed by atoms with van der Waals surface area (Å²) in [5.41, 5.74) is 0.602. The molecule has 2 N–H and O–H groups in total. The lowest BCUT2D eigenvalue weighted by Gasteiger charge is -2.22. The maximum Gasteiger partial charge on any atom is 0.232 e. The summed E-state index contributed by atoms with van der Waals surface area (Å²) in [5.74, 6) is 1.56. The van der Waals surface area contributed by atoms with Gasteiger partial charge in [-0.15, -0.1) is 0 Å². The Morgan fingerprint density at radius 1 is 1.31 bits per heavy atom. The van der Waals surface area contributed by atoms with Crippen molar-refractivity contribution >= 4 is 0 Å². The maximum absolute atomic E-state index is 9.65. The third kappa shape index (κ3) is 1.45. The van der Waals surface area contributed by atoms with Crippen molar-refractivity contribution in [2.75, 3.05) is 13.1 Å². The van der Waals surface area contributed by atoms with E-state index in [1.54, 1.807) is 18.2 Å². The largest absolute Gasteiger partial charge is 0.507 e. The summed E-state index contributed by atoms with van der Waals surface area (Å²) in [7, 11) is 0. The van der Waals surface area contributed by atoms with E-state index in [0.29, 0.717) is 23.2 Å². The molecule has 5 heteroatoms. The molecule has 0 bridgehead atoms. The lowest BCUT2D eigenvalue weighted by atomic mass is 10.0. The highest BCUT2D eigenvalue weighted by molar-refractivity contribution is 5.62. The summed E-state index contributed by atoms with van der Waals surface area (Å²) in [6.07, 6.45) is 0. The highest BCUT2D eigenvalue weighted by Crippen LogP contribution is 2.27. The van der Waals surface area contributed by atoms with Crippen LogP contribution >= 0.6 is 0 Å². The van der Waals surface area contributed by atoms with Crippen LogP contribution in [0.15, 0.2) is 28.8 Å². The van der Waals surface area contributed by atoms with Crippen molar-refractivity contribution in [1.29, 1.82) is 0 Å². The number of aromatic hydroxyl groups is 1. The van der Waals surface area contributed by atoms with E-state index in [1.807, 2.05) is 6.07 Å². The summed E-state index contributed by atoms with van der Waals surface area (Å²) < 4.78 is 5.17. The van der Waals surface area contributed by atoms with E-state index in [1.165, 1.54) is 0 Å². The molecular formula is C11H11N3O2. The number of rotatable bonds is 2. The molecule has 1 aromatic heterocycles. The molecule has 5 nitrogen and oxygen atoms in total. The van der Waals surface area contributed by atoms with Gasteiger partial charge in [-0.3, -0.25) is 0 Å². The molecule has 0 radical (unpaired) electrons. The maximum atomic E-state index is 9.65. The van der Waals surface area contributed by atoms with Gasteiger partial charge in [0.25, 0.3) is 0 Å². The fourth-order valence-electron chi connectivity index (χ4n) is 1.64. The van der Waals surface area contributed by atoms with Gasteiger partial charge in [-0.05, 0) is 12.1 Å². The van der Waals surface area contributed by atoms with Gasteiger partial charge in [-0.2, -0.15) is 4.98 Å². The first-order chi connectivity index (χ1) is 7.84. The SMILES string of the molecule is Oc1ccccc1-c1noc(C2CNC2)n1. The Kier molecular flexibility index (Phi) is 2.11. The molecule has 0 saturated carbocycles. The number of phenolic OH excluding ortho intramolecular Hbond substituents is 1. The molecule has 0 unspecified atom stereocenters. The standard InChI is InChI=1S/C11H11N3O2/c15-9-4-2-1-3-8(9)10-13-11(16-14-10)7-5-12-6-7/h1-4,7,12,15H,5-6H2. The third-order valence-corrected chi connectivity index (χ3v) is 2.72. The number of phenols is 1. The van der Waals surface area contributed by atoms with Crippen LogP contribution < -0.4 is 5.32 Å². The summed E-state index contributed by atoms with van der Waals surface area (Å²) in [5, 5.41) is 16.7. The number of benzene rings is 1. The smallest absolute Gasteiger partial charge is 0.232 e. The van der Waals surface area contributed by atoms with Gasteiger partial charge in [0.15, 0.2) is 0 Å². The quantitative estimate of drug-likeness (QED) is 0.789. The second kappa shape index (κ2) is 3.61. The van der Waals surface area contributed by atoms with E-state index in [0.717, 1.165) is 13.1 Å². The first-order valence-corrected chi connectivity index (χ1v) is 5.17. The minimum atomic E-state index is 0.168. The number of hydrogen-bond donors (Lipinski definition) is 2. The molecule has 2 heterocycles. The minimum absolute atomic E-state index is 0.168. The number of para-hydroxylation sites is 1. The van der Waals surface area contributed by atoms with E-state index in [2.05, 4.69) is 15.5 Å². The Morgan fingerprint density at radius 3 is 2.81 bits per heavy atom. The zero-order chi connectivity index (χ0) is 11.0. The number of hydrogen-bond acceptors (Lipinski definition) is 5. The van der Waals surface area contributed by atoms with E-state index in [-0.39, 0.29) is 5.75 Å². The number of nitrogens with one attached hydrogen (secondary N) is 1. The molecule has 1 saturated heterocycles. The normalized spacial score (nSPS) is 16.0. The van der Waals surface area contributed by atoms with Crippen molar-refractivity contribution in [3.8, 4) is 17.1 Å². The Bertz CT molecular complexity index is 505. The van der Waals surface area contributed by atoms with Gasteiger partial charge in [0, 0.05) is 13.1 Å². The molecule has 82 valence electrons. The average Bonchev–Trinajstić information content (AvgIpc) is 2.65. The van der Waals surface area contributed by atoms with Crippen LogP contribution in [0.4, 0.5) is 0 Å². The Balaban J connectivity index is 1.95. The second-order valence-electron chi connectivity index (χ2n) is 3.83. The van der Waals surface area contributed by atoms with Gasteiger partial charge in [0.05, 0.1) is 11.5 Å². The molecule has 1 aliphatic heterocycles. The van der Waals surface area contributed by atoms with E-state index < -0.39 is 0 Å². The van der Waals surface area contributed by atoms with Crippen LogP contribution in [0, 0.1) is 0 Å². The number of nitrogens with zero attached hydrogens (tertiary/aromatic N) is 2. The van der Waals surface area contributed by atoms with Crippen LogP contribution in [0.1, 0.15) is 11.8 Å². The minimum Gasteiger partial charge on any atom is -0.507 e. The van der Waals surface area contributed by atoms with Crippen LogP contribution in [0.25, 0.3) is 11.4 Å². The Labute approximate surface area is 92.1 Å². The van der Waals surface area contributed by atoms with Crippen molar-refractivity contribution in [2.45, 2.75) is 5.92 Å². The summed E-state index contributed by atoms with van der Waals surface area (Å²) in [6.45, 7) is 1.75. The highest BCUT2D eigenvalue weighted by Gasteiger charge is 2.25. The van der Waals surface area contributed by atoms with Crippen LogP contribution in [0.3, 0.4) is 0 Å². The molecule has 0 spiro atoms. The number of aromatic nitrogens is 2. The van der Waals surface area contributed by atoms with Crippen molar-refractivity contribution in [3.05, 3.63) is 30.2 Å². The van der Waals surface area contributed by atoms with Crippen molar-refractivity contribution in [2.24, 2.45) is 0 Å². The van der Waals surface area contributed by atoms with Gasteiger partial charge < -0.3 is 14.9 Å². The molecule has 0 atom stereocenters. The predicted octanol–water partition coefficient (Wildman–Crippen LogP) is 1.13. The summed E-state index contributed by atoms with van der Waals surface area (Å²) in [4.78, 5) is 4.29. The van der Waals surface area contributed by atoms with Gasteiger partial charge in [-0.25, -0.2) is 0 Å². The van der Waals surface area contributed by atoms with Gasteiger partial charge in [0.1, 0.15) is 5.75 Å². The lowest BCUT2D eigenvalue weighted by Crippen LogP contribution is -2.40. The molecule has 0 amide bonds. The van der Waals surface area contributed by atoms with Gasteiger partial charge >= 0.3 is 0 Å². The first-order valence-electron chi connectivity index (χ1n) is 5.17. The molecule has 16 heavy (non-hydrogen) atoms. The molecule has 1 aliphatic rings. The zero-order valence-corrected chi connectivity index (χ0v) is 8.55. The van der Waals surface area contributed by atoms with Crippen molar-refractivity contribution < 1.29 is 9.63 Å². The second-order valence-corrected chi connectivity index (χ2v) is 3.83. The first kappa shape index (κ1) is 9.35. The van der Waals surface area contributed by atoms with E-state index >= 15 is 0 Å². The van der Waals surface area contributed by atoms with Gasteiger partial charge in [-0.1, -0.05) is 17.3 Å². The fraction of sp³-hybridized carbons (Fsp3) is 0.273. The van der Waals surface area contributed by atoms with E-state index in [9.17, 15) is 5.11 Å². The topological polar surface area (TPSA) is 71.2 Å². The summed E-state index contributed by atoms with van der Waals surface area (Å²) >= 11 is 0. The van der Waals surface area contributed by atoms with E-state index in [4.69, 9.17) is 4.52 Å².